The molecular formula is C33H28ClFN8. The summed E-state index contributed by atoms with van der Waals surface area (Å²) < 4.78 is 23.6. The summed E-state index contributed by atoms with van der Waals surface area (Å²) in [7, 11) is 0. The summed E-state index contributed by atoms with van der Waals surface area (Å²) in [4.78, 5) is 4.50. The van der Waals surface area contributed by atoms with Crippen molar-refractivity contribution < 1.29 is 5.76 Å². The van der Waals surface area contributed by atoms with E-state index in [4.69, 9.17) is 11.6 Å². The Bertz CT molecular complexity index is 1850. The van der Waals surface area contributed by atoms with Crippen LogP contribution >= 0.6 is 11.6 Å². The zero-order valence-electron chi connectivity index (χ0n) is 24.0. The lowest BCUT2D eigenvalue weighted by Gasteiger charge is -2.24. The Kier molecular flexibility index (Phi) is 6.68. The van der Waals surface area contributed by atoms with Crippen LogP contribution in [-0.4, -0.2) is 16.0 Å². The van der Waals surface area contributed by atoms with E-state index in [2.05, 4.69) is 38.7 Å². The van der Waals surface area contributed by atoms with Gasteiger partial charge in [0.15, 0.2) is 0 Å². The number of hydrazine groups is 2. The third kappa shape index (κ3) is 5.41. The Labute approximate surface area is 255 Å². The standard InChI is InChI=1S/C33H28ClFN8/c34-28-14-24(39-32(20-6-8-23(35)9-7-20)29-18-43(42-41-29)25-10-11-25)13-27-31(22(16-37)17-38-33(27)28)40-30(26-12-21(26)15-36)19-4-2-1-3-5-19/h1-9,13-14,17-18,21,25-26,30,32,39,41-42H,10-12H2,(H,38,40)/t21-,26+,30?,32?/m1/s1/i32D. The highest BCUT2D eigenvalue weighted by atomic mass is 35.5. The number of nitrogens with one attached hydrogen (secondary N) is 4. The number of aromatic nitrogens is 1. The van der Waals surface area contributed by atoms with Crippen LogP contribution in [0.3, 0.4) is 0 Å². The number of nitrogens with zero attached hydrogens (tertiary/aromatic N) is 4. The van der Waals surface area contributed by atoms with E-state index < -0.39 is 11.8 Å². The number of halogens is 2. The van der Waals surface area contributed by atoms with E-state index >= 15 is 0 Å². The number of fused-ring (bicyclic) bond motifs is 1. The van der Waals surface area contributed by atoms with Crippen molar-refractivity contribution in [2.24, 2.45) is 11.8 Å². The predicted octanol–water partition coefficient (Wildman–Crippen LogP) is 6.69. The van der Waals surface area contributed by atoms with Gasteiger partial charge in [-0.2, -0.15) is 10.5 Å². The fourth-order valence-corrected chi connectivity index (χ4v) is 5.89. The van der Waals surface area contributed by atoms with E-state index in [9.17, 15) is 16.3 Å². The van der Waals surface area contributed by atoms with Crippen molar-refractivity contribution in [3.05, 3.63) is 112 Å². The molecule has 43 heavy (non-hydrogen) atoms. The van der Waals surface area contributed by atoms with Gasteiger partial charge in [-0.05, 0) is 54.7 Å². The first-order valence-electron chi connectivity index (χ1n) is 14.7. The number of pyridine rings is 1. The molecule has 0 bridgehead atoms. The molecule has 3 aliphatic rings. The van der Waals surface area contributed by atoms with Gasteiger partial charge in [0.2, 0.25) is 0 Å². The van der Waals surface area contributed by atoms with Gasteiger partial charge in [-0.15, -0.1) is 5.53 Å². The number of nitriles is 2. The number of anilines is 2. The van der Waals surface area contributed by atoms with Crippen LogP contribution in [0.5, 0.6) is 0 Å². The van der Waals surface area contributed by atoms with E-state index in [0.29, 0.717) is 50.2 Å². The first kappa shape index (κ1) is 25.8. The molecule has 2 fully saturated rings. The van der Waals surface area contributed by atoms with Crippen molar-refractivity contribution in [3.63, 3.8) is 0 Å². The minimum Gasteiger partial charge on any atom is -0.376 e. The van der Waals surface area contributed by atoms with Crippen LogP contribution in [0.15, 0.2) is 84.8 Å². The predicted molar refractivity (Wildman–Crippen MR) is 163 cm³/mol. The van der Waals surface area contributed by atoms with Crippen molar-refractivity contribution in [3.8, 4) is 12.1 Å². The molecule has 1 aromatic heterocycles. The van der Waals surface area contributed by atoms with Crippen LogP contribution in [0.4, 0.5) is 15.8 Å². The maximum absolute atomic E-state index is 13.9. The van der Waals surface area contributed by atoms with E-state index in [-0.39, 0.29) is 17.9 Å². The van der Waals surface area contributed by atoms with Crippen molar-refractivity contribution in [1.82, 2.24) is 21.0 Å². The van der Waals surface area contributed by atoms with Crippen LogP contribution in [0.2, 0.25) is 5.02 Å². The minimum absolute atomic E-state index is 0.0793. The maximum atomic E-state index is 13.9. The third-order valence-corrected chi connectivity index (χ3v) is 8.43. The fraction of sp³-hybridized carbons (Fsp3) is 0.242. The molecule has 1 aliphatic heterocycles. The van der Waals surface area contributed by atoms with E-state index in [1.165, 1.54) is 18.3 Å². The largest absolute Gasteiger partial charge is 0.376 e. The van der Waals surface area contributed by atoms with Crippen LogP contribution < -0.4 is 21.6 Å². The molecule has 0 saturated heterocycles. The van der Waals surface area contributed by atoms with Gasteiger partial charge in [0.25, 0.3) is 0 Å². The minimum atomic E-state index is -1.56. The fourth-order valence-electron chi connectivity index (χ4n) is 5.62. The molecule has 4 atom stereocenters. The Morgan fingerprint density at radius 1 is 1.07 bits per heavy atom. The molecular weight excluding hydrogens is 563 g/mol. The molecule has 2 heterocycles. The van der Waals surface area contributed by atoms with Crippen LogP contribution in [0.25, 0.3) is 10.9 Å². The highest BCUT2D eigenvalue weighted by Gasteiger charge is 2.44. The highest BCUT2D eigenvalue weighted by molar-refractivity contribution is 6.35. The quantitative estimate of drug-likeness (QED) is 0.170. The molecule has 2 aliphatic carbocycles. The molecule has 2 saturated carbocycles. The van der Waals surface area contributed by atoms with Crippen molar-refractivity contribution in [2.45, 2.75) is 37.4 Å². The Morgan fingerprint density at radius 3 is 2.56 bits per heavy atom. The van der Waals surface area contributed by atoms with Crippen LogP contribution in [-0.2, 0) is 0 Å². The zero-order valence-corrected chi connectivity index (χ0v) is 23.7. The summed E-state index contributed by atoms with van der Waals surface area (Å²) in [6, 6.07) is 22.4. The van der Waals surface area contributed by atoms with Gasteiger partial charge in [-0.25, -0.2) is 4.39 Å². The Hall–Kier alpha value is -4.83. The average molecular weight is 592 g/mol. The van der Waals surface area contributed by atoms with Crippen molar-refractivity contribution in [1.29, 1.82) is 10.5 Å². The zero-order chi connectivity index (χ0) is 30.4. The van der Waals surface area contributed by atoms with Gasteiger partial charge in [0.1, 0.15) is 11.9 Å². The van der Waals surface area contributed by atoms with E-state index in [0.717, 1.165) is 24.8 Å². The first-order valence-corrected chi connectivity index (χ1v) is 14.6. The van der Waals surface area contributed by atoms with Gasteiger partial charge in [-0.3, -0.25) is 9.99 Å². The number of hydrogen-bond acceptors (Lipinski definition) is 8. The Morgan fingerprint density at radius 2 is 1.86 bits per heavy atom. The van der Waals surface area contributed by atoms with E-state index in [1.807, 2.05) is 47.6 Å². The average Bonchev–Trinajstić information content (AvgIpc) is 3.98. The SMILES string of the molecule is [2H]C(Nc1cc(Cl)c2ncc(C#N)c(NC(c3ccccc3)[C@H]3C[C@@H]3C#N)c2c1)(C1=CN(C2CC2)NN1)c1ccc(F)cc1. The van der Waals surface area contributed by atoms with Gasteiger partial charge in [-0.1, -0.05) is 54.1 Å². The summed E-state index contributed by atoms with van der Waals surface area (Å²) in [6.45, 7) is 0. The van der Waals surface area contributed by atoms with Gasteiger partial charge >= 0.3 is 0 Å². The van der Waals surface area contributed by atoms with E-state index in [1.54, 1.807) is 18.2 Å². The normalized spacial score (nSPS) is 21.4. The van der Waals surface area contributed by atoms with Crippen LogP contribution in [0, 0.1) is 40.3 Å². The lowest BCUT2D eigenvalue weighted by molar-refractivity contribution is 0.260. The first-order chi connectivity index (χ1) is 21.4. The monoisotopic (exact) mass is 591 g/mol. The smallest absolute Gasteiger partial charge is 0.123 e. The summed E-state index contributed by atoms with van der Waals surface area (Å²) in [5.41, 5.74) is 10.2. The highest BCUT2D eigenvalue weighted by Crippen LogP contribution is 2.49. The summed E-state index contributed by atoms with van der Waals surface area (Å²) in [5.74, 6) is -0.401. The summed E-state index contributed by atoms with van der Waals surface area (Å²) in [6.07, 6.45) is 6.22. The second kappa shape index (κ2) is 11.1. The van der Waals surface area contributed by atoms with Crippen molar-refractivity contribution in [2.75, 3.05) is 10.6 Å². The summed E-state index contributed by atoms with van der Waals surface area (Å²) in [5, 5.41) is 29.5. The third-order valence-electron chi connectivity index (χ3n) is 8.14. The number of rotatable bonds is 9. The maximum Gasteiger partial charge on any atom is 0.123 e. The van der Waals surface area contributed by atoms with Gasteiger partial charge in [0, 0.05) is 35.4 Å². The summed E-state index contributed by atoms with van der Waals surface area (Å²) >= 11 is 6.81. The molecule has 2 unspecified atom stereocenters. The molecule has 0 spiro atoms. The molecule has 214 valence electrons. The Balaban J connectivity index is 1.32. The van der Waals surface area contributed by atoms with Crippen LogP contribution in [0.1, 0.15) is 49.4 Å². The second-order valence-electron chi connectivity index (χ2n) is 11.1. The molecule has 4 N–H and O–H groups in total. The van der Waals surface area contributed by atoms with Gasteiger partial charge < -0.3 is 16.1 Å². The molecule has 4 aromatic rings. The molecule has 7 rings (SSSR count). The van der Waals surface area contributed by atoms with Crippen molar-refractivity contribution >= 4 is 33.9 Å². The molecule has 8 nitrogen and oxygen atoms in total. The topological polar surface area (TPSA) is 112 Å². The lowest BCUT2D eigenvalue weighted by atomic mass is 9.99. The second-order valence-corrected chi connectivity index (χ2v) is 11.5. The number of hydrogen-bond donors (Lipinski definition) is 4. The lowest BCUT2D eigenvalue weighted by Crippen LogP contribution is -2.38. The number of benzene rings is 3. The molecule has 10 heteroatoms. The molecule has 0 amide bonds. The molecule has 3 aromatic carbocycles. The molecule has 0 radical (unpaired) electrons. The van der Waals surface area contributed by atoms with Gasteiger partial charge in [0.05, 0.1) is 52.9 Å².